The third-order valence-corrected chi connectivity index (χ3v) is 6.87. The Kier molecular flexibility index (Phi) is 7.81. The lowest BCUT2D eigenvalue weighted by Crippen LogP contribution is -2.30. The number of benzene rings is 2. The number of carbonyl (C=O) groups excluding carboxylic acids is 1. The standard InChI is InChI=1S/C23H26N2O4S2/c1-18-6-3-4-7-20(18)16-25(31(2,27)28)21-11-9-19(10-12-21)23(26)24-13-15-30-17-22-8-5-14-29-22/h3-12,14H,13,15-17H2,1-2H3,(H,24,26). The number of sulfonamides is 1. The van der Waals surface area contributed by atoms with Crippen LogP contribution in [0, 0.1) is 6.92 Å². The molecule has 2 aromatic carbocycles. The smallest absolute Gasteiger partial charge is 0.251 e. The lowest BCUT2D eigenvalue weighted by molar-refractivity contribution is 0.0956. The summed E-state index contributed by atoms with van der Waals surface area (Å²) in [5.41, 5.74) is 2.97. The SMILES string of the molecule is Cc1ccccc1CN(c1ccc(C(=O)NCCSCc2ccco2)cc1)S(C)(=O)=O. The zero-order chi connectivity index (χ0) is 22.3. The van der Waals surface area contributed by atoms with Crippen molar-refractivity contribution < 1.29 is 17.6 Å². The molecule has 0 saturated carbocycles. The maximum Gasteiger partial charge on any atom is 0.251 e. The zero-order valence-corrected chi connectivity index (χ0v) is 19.2. The monoisotopic (exact) mass is 458 g/mol. The Morgan fingerprint density at radius 1 is 1.06 bits per heavy atom. The number of carbonyl (C=O) groups is 1. The van der Waals surface area contributed by atoms with Gasteiger partial charge in [0.15, 0.2) is 0 Å². The Hall–Kier alpha value is -2.71. The molecule has 3 rings (SSSR count). The van der Waals surface area contributed by atoms with Gasteiger partial charge in [0.05, 0.1) is 30.5 Å². The van der Waals surface area contributed by atoms with Crippen LogP contribution in [0.4, 0.5) is 5.69 Å². The maximum absolute atomic E-state index is 12.4. The summed E-state index contributed by atoms with van der Waals surface area (Å²) < 4.78 is 31.4. The number of furan rings is 1. The molecule has 0 unspecified atom stereocenters. The molecule has 3 aromatic rings. The summed E-state index contributed by atoms with van der Waals surface area (Å²) in [6.07, 6.45) is 2.83. The van der Waals surface area contributed by atoms with Crippen LogP contribution in [0.25, 0.3) is 0 Å². The molecule has 0 spiro atoms. The van der Waals surface area contributed by atoms with E-state index in [1.165, 1.54) is 10.6 Å². The largest absolute Gasteiger partial charge is 0.468 e. The number of amides is 1. The fraction of sp³-hybridized carbons (Fsp3) is 0.261. The molecule has 0 bridgehead atoms. The minimum atomic E-state index is -3.48. The van der Waals surface area contributed by atoms with Crippen molar-refractivity contribution in [2.45, 2.75) is 19.2 Å². The number of rotatable bonds is 10. The third kappa shape index (κ3) is 6.63. The first kappa shape index (κ1) is 23.0. The highest BCUT2D eigenvalue weighted by Crippen LogP contribution is 2.22. The topological polar surface area (TPSA) is 79.6 Å². The Labute approximate surface area is 187 Å². The van der Waals surface area contributed by atoms with Crippen molar-refractivity contribution in [1.82, 2.24) is 5.32 Å². The second-order valence-corrected chi connectivity index (χ2v) is 10.1. The highest BCUT2D eigenvalue weighted by Gasteiger charge is 2.19. The van der Waals surface area contributed by atoms with Gasteiger partial charge in [-0.15, -0.1) is 0 Å². The number of aryl methyl sites for hydroxylation is 1. The number of hydrogen-bond donors (Lipinski definition) is 1. The summed E-state index contributed by atoms with van der Waals surface area (Å²) in [5.74, 6) is 2.26. The number of thioether (sulfide) groups is 1. The minimum absolute atomic E-state index is 0.185. The Morgan fingerprint density at radius 2 is 1.81 bits per heavy atom. The molecule has 0 radical (unpaired) electrons. The van der Waals surface area contributed by atoms with Crippen LogP contribution < -0.4 is 9.62 Å². The molecule has 0 fully saturated rings. The predicted octanol–water partition coefficient (Wildman–Crippen LogP) is 4.22. The number of hydrogen-bond acceptors (Lipinski definition) is 5. The van der Waals surface area contributed by atoms with Crippen molar-refractivity contribution in [2.24, 2.45) is 0 Å². The molecule has 164 valence electrons. The summed E-state index contributed by atoms with van der Waals surface area (Å²) in [6, 6.07) is 18.1. The fourth-order valence-corrected chi connectivity index (χ4v) is 4.66. The van der Waals surface area contributed by atoms with Crippen LogP contribution in [-0.2, 0) is 22.3 Å². The van der Waals surface area contributed by atoms with Gasteiger partial charge in [0.2, 0.25) is 10.0 Å². The van der Waals surface area contributed by atoms with Crippen molar-refractivity contribution in [1.29, 1.82) is 0 Å². The molecule has 0 aliphatic carbocycles. The van der Waals surface area contributed by atoms with E-state index < -0.39 is 10.0 Å². The van der Waals surface area contributed by atoms with Crippen LogP contribution in [0.15, 0.2) is 71.3 Å². The van der Waals surface area contributed by atoms with Gasteiger partial charge in [0.1, 0.15) is 5.76 Å². The molecule has 8 heteroatoms. The predicted molar refractivity (Wildman–Crippen MR) is 126 cm³/mol. The third-order valence-electron chi connectivity index (χ3n) is 4.75. The average Bonchev–Trinajstić information content (AvgIpc) is 3.25. The summed E-state index contributed by atoms with van der Waals surface area (Å²) in [7, 11) is -3.48. The highest BCUT2D eigenvalue weighted by atomic mass is 32.2. The molecule has 31 heavy (non-hydrogen) atoms. The van der Waals surface area contributed by atoms with Crippen LogP contribution in [-0.4, -0.2) is 32.9 Å². The summed E-state index contributed by atoms with van der Waals surface area (Å²) >= 11 is 1.68. The van der Waals surface area contributed by atoms with Crippen LogP contribution in [0.2, 0.25) is 0 Å². The van der Waals surface area contributed by atoms with Crippen LogP contribution in [0.3, 0.4) is 0 Å². The van der Waals surface area contributed by atoms with Crippen LogP contribution in [0.5, 0.6) is 0 Å². The van der Waals surface area contributed by atoms with E-state index in [4.69, 9.17) is 4.42 Å². The molecule has 6 nitrogen and oxygen atoms in total. The Morgan fingerprint density at radius 3 is 2.45 bits per heavy atom. The van der Waals surface area contributed by atoms with Gasteiger partial charge in [-0.25, -0.2) is 8.42 Å². The summed E-state index contributed by atoms with van der Waals surface area (Å²) in [5, 5.41) is 2.88. The molecule has 1 N–H and O–H groups in total. The first-order chi connectivity index (χ1) is 14.8. The van der Waals surface area contributed by atoms with E-state index in [0.717, 1.165) is 28.4 Å². The fourth-order valence-electron chi connectivity index (χ4n) is 3.03. The van der Waals surface area contributed by atoms with Gasteiger partial charge in [-0.1, -0.05) is 24.3 Å². The van der Waals surface area contributed by atoms with Crippen molar-refractivity contribution >= 4 is 33.4 Å². The van der Waals surface area contributed by atoms with E-state index >= 15 is 0 Å². The van der Waals surface area contributed by atoms with Gasteiger partial charge in [-0.05, 0) is 54.4 Å². The lowest BCUT2D eigenvalue weighted by atomic mass is 10.1. The van der Waals surface area contributed by atoms with E-state index in [9.17, 15) is 13.2 Å². The van der Waals surface area contributed by atoms with Crippen molar-refractivity contribution in [2.75, 3.05) is 22.9 Å². The molecule has 0 aliphatic heterocycles. The van der Waals surface area contributed by atoms with Crippen LogP contribution in [0.1, 0.15) is 27.2 Å². The van der Waals surface area contributed by atoms with E-state index in [0.29, 0.717) is 17.8 Å². The average molecular weight is 459 g/mol. The molecule has 0 saturated heterocycles. The van der Waals surface area contributed by atoms with Crippen LogP contribution >= 0.6 is 11.8 Å². The Balaban J connectivity index is 1.58. The quantitative estimate of drug-likeness (QED) is 0.460. The first-order valence-corrected chi connectivity index (χ1v) is 12.9. The number of nitrogens with zero attached hydrogens (tertiary/aromatic N) is 1. The molecule has 1 heterocycles. The Bertz CT molecular complexity index is 1090. The number of nitrogens with one attached hydrogen (secondary N) is 1. The van der Waals surface area contributed by atoms with E-state index in [1.54, 1.807) is 42.3 Å². The zero-order valence-electron chi connectivity index (χ0n) is 17.6. The second kappa shape index (κ2) is 10.5. The normalized spacial score (nSPS) is 11.3. The second-order valence-electron chi connectivity index (χ2n) is 7.13. The first-order valence-electron chi connectivity index (χ1n) is 9.85. The lowest BCUT2D eigenvalue weighted by Gasteiger charge is -2.23. The van der Waals surface area contributed by atoms with Gasteiger partial charge in [-0.3, -0.25) is 9.10 Å². The molecule has 0 atom stereocenters. The molecular formula is C23H26N2O4S2. The summed E-state index contributed by atoms with van der Waals surface area (Å²) in [6.45, 7) is 2.73. The van der Waals surface area contributed by atoms with Crippen molar-refractivity contribution in [3.05, 3.63) is 89.4 Å². The molecule has 1 amide bonds. The molecule has 1 aromatic heterocycles. The van der Waals surface area contributed by atoms with Gasteiger partial charge in [0, 0.05) is 17.9 Å². The molecule has 0 aliphatic rings. The maximum atomic E-state index is 12.4. The van der Waals surface area contributed by atoms with E-state index in [2.05, 4.69) is 5.32 Å². The van der Waals surface area contributed by atoms with Crippen molar-refractivity contribution in [3.63, 3.8) is 0 Å². The van der Waals surface area contributed by atoms with Gasteiger partial charge in [-0.2, -0.15) is 11.8 Å². The summed E-state index contributed by atoms with van der Waals surface area (Å²) in [4.78, 5) is 12.4. The molecular weight excluding hydrogens is 432 g/mol. The van der Waals surface area contributed by atoms with E-state index in [1.807, 2.05) is 43.3 Å². The van der Waals surface area contributed by atoms with Crippen molar-refractivity contribution in [3.8, 4) is 0 Å². The number of anilines is 1. The van der Waals surface area contributed by atoms with Gasteiger partial charge in [0.25, 0.3) is 5.91 Å². The minimum Gasteiger partial charge on any atom is -0.468 e. The van der Waals surface area contributed by atoms with Gasteiger partial charge >= 0.3 is 0 Å². The van der Waals surface area contributed by atoms with Gasteiger partial charge < -0.3 is 9.73 Å². The highest BCUT2D eigenvalue weighted by molar-refractivity contribution is 7.98. The van der Waals surface area contributed by atoms with E-state index in [-0.39, 0.29) is 12.5 Å².